The van der Waals surface area contributed by atoms with Crippen molar-refractivity contribution in [3.8, 4) is 5.75 Å². The summed E-state index contributed by atoms with van der Waals surface area (Å²) in [4.78, 5) is 24.2. The number of hydrogen-bond acceptors (Lipinski definition) is 6. The SMILES string of the molecule is CCOc1ccc(NC(=O)[C@H]2Cc3ccccc3CN2S(=O)(=O)c2ccc(F)cc2)c([N+](=O)[O-])c1. The van der Waals surface area contributed by atoms with Crippen molar-refractivity contribution in [3.05, 3.63) is 93.8 Å². The van der Waals surface area contributed by atoms with Crippen molar-refractivity contribution in [2.45, 2.75) is 30.8 Å². The second kappa shape index (κ2) is 9.80. The summed E-state index contributed by atoms with van der Waals surface area (Å²) in [6.45, 7) is 1.96. The van der Waals surface area contributed by atoms with Crippen LogP contribution in [0.1, 0.15) is 18.1 Å². The molecule has 182 valence electrons. The molecular weight excluding hydrogens is 477 g/mol. The lowest BCUT2D eigenvalue weighted by molar-refractivity contribution is -0.384. The van der Waals surface area contributed by atoms with Gasteiger partial charge in [0.2, 0.25) is 15.9 Å². The van der Waals surface area contributed by atoms with Gasteiger partial charge in [-0.1, -0.05) is 24.3 Å². The fourth-order valence-corrected chi connectivity index (χ4v) is 5.52. The normalized spacial score (nSPS) is 15.8. The Hall–Kier alpha value is -3.83. The number of sulfonamides is 1. The molecule has 1 atom stereocenters. The molecule has 1 aliphatic heterocycles. The van der Waals surface area contributed by atoms with E-state index in [9.17, 15) is 27.7 Å². The van der Waals surface area contributed by atoms with Crippen LogP contribution in [0.3, 0.4) is 0 Å². The molecule has 1 N–H and O–H groups in total. The van der Waals surface area contributed by atoms with Crippen molar-refractivity contribution in [2.24, 2.45) is 0 Å². The standard InChI is InChI=1S/C24H22FN3O6S/c1-2-34-19-9-12-21(22(14-19)28(30)31)26-24(29)23-13-16-5-3-4-6-17(16)15-27(23)35(32,33)20-10-7-18(25)8-11-20/h3-12,14,23H,2,13,15H2,1H3,(H,26,29)/t23-/m1/s1. The van der Waals surface area contributed by atoms with Crippen LogP contribution in [0.25, 0.3) is 0 Å². The summed E-state index contributed by atoms with van der Waals surface area (Å²) < 4.78 is 46.7. The Morgan fingerprint density at radius 1 is 1.14 bits per heavy atom. The first-order valence-corrected chi connectivity index (χ1v) is 12.2. The number of carbonyl (C=O) groups excluding carboxylic acids is 1. The first-order valence-electron chi connectivity index (χ1n) is 10.8. The lowest BCUT2D eigenvalue weighted by Gasteiger charge is -2.35. The van der Waals surface area contributed by atoms with Gasteiger partial charge in [-0.3, -0.25) is 14.9 Å². The van der Waals surface area contributed by atoms with Crippen LogP contribution in [0.5, 0.6) is 5.75 Å². The van der Waals surface area contributed by atoms with Crippen LogP contribution in [-0.2, 0) is 27.8 Å². The van der Waals surface area contributed by atoms with Crippen LogP contribution in [0.15, 0.2) is 71.6 Å². The summed E-state index contributed by atoms with van der Waals surface area (Å²) in [5, 5.41) is 14.1. The van der Waals surface area contributed by atoms with Gasteiger partial charge in [-0.25, -0.2) is 12.8 Å². The van der Waals surface area contributed by atoms with E-state index >= 15 is 0 Å². The van der Waals surface area contributed by atoms with Gasteiger partial charge in [0.1, 0.15) is 23.3 Å². The molecule has 11 heteroatoms. The van der Waals surface area contributed by atoms with Gasteiger partial charge in [0.05, 0.1) is 22.5 Å². The molecule has 3 aromatic carbocycles. The smallest absolute Gasteiger partial charge is 0.296 e. The van der Waals surface area contributed by atoms with Crippen molar-refractivity contribution in [3.63, 3.8) is 0 Å². The topological polar surface area (TPSA) is 119 Å². The summed E-state index contributed by atoms with van der Waals surface area (Å²) in [6.07, 6.45) is 0.0628. The number of benzene rings is 3. The van der Waals surface area contributed by atoms with Crippen LogP contribution < -0.4 is 10.1 Å². The van der Waals surface area contributed by atoms with E-state index in [0.717, 1.165) is 39.7 Å². The molecule has 4 rings (SSSR count). The maximum atomic E-state index is 13.5. The first-order chi connectivity index (χ1) is 16.7. The Kier molecular flexibility index (Phi) is 6.81. The fraction of sp³-hybridized carbons (Fsp3) is 0.208. The Morgan fingerprint density at radius 2 is 1.83 bits per heavy atom. The molecule has 3 aromatic rings. The molecule has 0 bridgehead atoms. The number of nitro groups is 1. The predicted octanol–water partition coefficient (Wildman–Crippen LogP) is 3.89. The van der Waals surface area contributed by atoms with Crippen molar-refractivity contribution in [1.82, 2.24) is 4.31 Å². The number of halogens is 1. The lowest BCUT2D eigenvalue weighted by atomic mass is 9.95. The maximum Gasteiger partial charge on any atom is 0.296 e. The third-order valence-electron chi connectivity index (χ3n) is 5.66. The van der Waals surface area contributed by atoms with Crippen LogP contribution >= 0.6 is 0 Å². The van der Waals surface area contributed by atoms with Crippen molar-refractivity contribution < 1.29 is 27.3 Å². The highest BCUT2D eigenvalue weighted by Crippen LogP contribution is 2.32. The number of fused-ring (bicyclic) bond motifs is 1. The minimum Gasteiger partial charge on any atom is -0.494 e. The monoisotopic (exact) mass is 499 g/mol. The average Bonchev–Trinajstić information content (AvgIpc) is 2.84. The van der Waals surface area contributed by atoms with Crippen LogP contribution in [0, 0.1) is 15.9 Å². The Balaban J connectivity index is 1.71. The molecule has 0 aliphatic carbocycles. The molecule has 1 aliphatic rings. The van der Waals surface area contributed by atoms with Crippen molar-refractivity contribution in [1.29, 1.82) is 0 Å². The number of ether oxygens (including phenoxy) is 1. The molecular formula is C24H22FN3O6S. The van der Waals surface area contributed by atoms with E-state index in [1.165, 1.54) is 18.2 Å². The molecule has 0 radical (unpaired) electrons. The van der Waals surface area contributed by atoms with E-state index in [1.807, 2.05) is 0 Å². The Labute approximate surface area is 201 Å². The molecule has 1 amide bonds. The first kappa shape index (κ1) is 24.3. The van der Waals surface area contributed by atoms with Gasteiger partial charge in [-0.2, -0.15) is 4.31 Å². The summed E-state index contributed by atoms with van der Waals surface area (Å²) in [5.74, 6) is -1.05. The zero-order chi connectivity index (χ0) is 25.2. The number of anilines is 1. The van der Waals surface area contributed by atoms with E-state index in [0.29, 0.717) is 6.61 Å². The van der Waals surface area contributed by atoms with E-state index in [1.54, 1.807) is 31.2 Å². The minimum atomic E-state index is -4.20. The molecule has 0 saturated heterocycles. The highest BCUT2D eigenvalue weighted by atomic mass is 32.2. The van der Waals surface area contributed by atoms with Gasteiger partial charge in [0, 0.05) is 6.54 Å². The molecule has 0 unspecified atom stereocenters. The second-order valence-corrected chi connectivity index (χ2v) is 9.74. The van der Waals surface area contributed by atoms with E-state index in [4.69, 9.17) is 4.74 Å². The third-order valence-corrected chi connectivity index (χ3v) is 7.53. The Bertz CT molecular complexity index is 1380. The van der Waals surface area contributed by atoms with Gasteiger partial charge in [0.25, 0.3) is 5.69 Å². The minimum absolute atomic E-state index is 0.0628. The zero-order valence-electron chi connectivity index (χ0n) is 18.7. The highest BCUT2D eigenvalue weighted by Gasteiger charge is 2.40. The fourth-order valence-electron chi connectivity index (χ4n) is 3.96. The van der Waals surface area contributed by atoms with Gasteiger partial charge < -0.3 is 10.1 Å². The maximum absolute atomic E-state index is 13.5. The highest BCUT2D eigenvalue weighted by molar-refractivity contribution is 7.89. The van der Waals surface area contributed by atoms with Gasteiger partial charge in [-0.05, 0) is 60.9 Å². The summed E-state index contributed by atoms with van der Waals surface area (Å²) in [6, 6.07) is 14.3. The molecule has 35 heavy (non-hydrogen) atoms. The number of hydrogen-bond donors (Lipinski definition) is 1. The number of rotatable bonds is 7. The van der Waals surface area contributed by atoms with Crippen LogP contribution in [0.2, 0.25) is 0 Å². The quantitative estimate of drug-likeness (QED) is 0.389. The predicted molar refractivity (Wildman–Crippen MR) is 126 cm³/mol. The van der Waals surface area contributed by atoms with E-state index < -0.39 is 32.7 Å². The molecule has 0 aromatic heterocycles. The van der Waals surface area contributed by atoms with Crippen LogP contribution in [0.4, 0.5) is 15.8 Å². The summed E-state index contributed by atoms with van der Waals surface area (Å²) >= 11 is 0. The van der Waals surface area contributed by atoms with Gasteiger partial charge >= 0.3 is 0 Å². The summed E-state index contributed by atoms with van der Waals surface area (Å²) in [5.41, 5.74) is 1.06. The number of nitrogens with one attached hydrogen (secondary N) is 1. The average molecular weight is 500 g/mol. The van der Waals surface area contributed by atoms with E-state index in [2.05, 4.69) is 5.32 Å². The largest absolute Gasteiger partial charge is 0.494 e. The third kappa shape index (κ3) is 5.00. The zero-order valence-corrected chi connectivity index (χ0v) is 19.5. The number of nitro benzene ring substituents is 1. The summed E-state index contributed by atoms with van der Waals surface area (Å²) in [7, 11) is -4.20. The molecule has 0 saturated carbocycles. The molecule has 9 nitrogen and oxygen atoms in total. The lowest BCUT2D eigenvalue weighted by Crippen LogP contribution is -2.50. The van der Waals surface area contributed by atoms with Crippen molar-refractivity contribution in [2.75, 3.05) is 11.9 Å². The van der Waals surface area contributed by atoms with Gasteiger partial charge in [-0.15, -0.1) is 0 Å². The van der Waals surface area contributed by atoms with E-state index in [-0.39, 0.29) is 35.0 Å². The molecule has 1 heterocycles. The molecule has 0 spiro atoms. The second-order valence-electron chi connectivity index (χ2n) is 7.85. The van der Waals surface area contributed by atoms with Crippen molar-refractivity contribution >= 4 is 27.3 Å². The number of carbonyl (C=O) groups is 1. The molecule has 0 fully saturated rings. The van der Waals surface area contributed by atoms with Gasteiger partial charge in [0.15, 0.2) is 0 Å². The number of nitrogens with zero attached hydrogens (tertiary/aromatic N) is 2. The number of amides is 1. The Morgan fingerprint density at radius 3 is 2.49 bits per heavy atom. The van der Waals surface area contributed by atoms with Crippen LogP contribution in [-0.4, -0.2) is 36.2 Å².